The number of rotatable bonds is 2. The molecule has 90 valence electrons. The summed E-state index contributed by atoms with van der Waals surface area (Å²) < 4.78 is 66.1. The van der Waals surface area contributed by atoms with Crippen molar-refractivity contribution in [1.29, 1.82) is 0 Å². The second-order valence-electron chi connectivity index (χ2n) is 2.71. The van der Waals surface area contributed by atoms with E-state index in [4.69, 9.17) is 11.6 Å². The van der Waals surface area contributed by atoms with Crippen molar-refractivity contribution in [3.8, 4) is 5.75 Å². The molecule has 0 saturated carbocycles. The van der Waals surface area contributed by atoms with Crippen molar-refractivity contribution in [2.24, 2.45) is 0 Å². The van der Waals surface area contributed by atoms with Gasteiger partial charge < -0.3 is 4.74 Å². The Hall–Kier alpha value is -1.11. The number of ether oxygens (including phenoxy) is 1. The zero-order valence-electron chi connectivity index (χ0n) is 7.78. The van der Waals surface area contributed by atoms with E-state index < -0.39 is 34.8 Å². The predicted octanol–water partition coefficient (Wildman–Crippen LogP) is 3.70. The van der Waals surface area contributed by atoms with Crippen molar-refractivity contribution in [2.45, 2.75) is 12.6 Å². The van der Waals surface area contributed by atoms with Gasteiger partial charge in [0.05, 0.1) is 12.1 Å². The van der Waals surface area contributed by atoms with Crippen LogP contribution in [0.3, 0.4) is 0 Å². The van der Waals surface area contributed by atoms with Crippen molar-refractivity contribution < 1.29 is 26.7 Å². The van der Waals surface area contributed by atoms with Crippen LogP contribution in [-0.2, 0) is 6.18 Å². The van der Waals surface area contributed by atoms with Crippen molar-refractivity contribution >= 4 is 11.6 Å². The molecule has 1 aromatic rings. The molecule has 0 aliphatic carbocycles. The van der Waals surface area contributed by atoms with Crippen molar-refractivity contribution in [3.63, 3.8) is 0 Å². The molecule has 0 atom stereocenters. The number of methoxy groups -OCH3 is 1. The van der Waals surface area contributed by atoms with Crippen LogP contribution >= 0.6 is 11.6 Å². The summed E-state index contributed by atoms with van der Waals surface area (Å²) in [5.41, 5.74) is -2.60. The fraction of sp³-hybridized carbons (Fsp3) is 0.375. The number of alkyl halides is 5. The molecule has 0 N–H and O–H groups in total. The van der Waals surface area contributed by atoms with Gasteiger partial charge in [-0.3, -0.25) is 0 Å². The molecule has 0 saturated heterocycles. The van der Waals surface area contributed by atoms with Gasteiger partial charge in [-0.05, 0) is 6.07 Å². The maximum absolute atomic E-state index is 12.4. The number of aromatic nitrogens is 1. The topological polar surface area (TPSA) is 22.1 Å². The fourth-order valence-electron chi connectivity index (χ4n) is 1.02. The Bertz CT molecular complexity index is 393. The molecule has 0 spiro atoms. The average molecular weight is 262 g/mol. The largest absolute Gasteiger partial charge is 0.493 e. The molecule has 0 bridgehead atoms. The zero-order valence-corrected chi connectivity index (χ0v) is 8.53. The first-order valence-electron chi connectivity index (χ1n) is 3.87. The molecule has 1 heterocycles. The second kappa shape index (κ2) is 4.40. The minimum atomic E-state index is -4.90. The van der Waals surface area contributed by atoms with E-state index in [1.54, 1.807) is 0 Å². The summed E-state index contributed by atoms with van der Waals surface area (Å²) >= 11 is 5.39. The Labute approximate surface area is 92.0 Å². The Balaban J connectivity index is 3.43. The molecule has 0 radical (unpaired) electrons. The molecule has 0 aromatic carbocycles. The van der Waals surface area contributed by atoms with E-state index in [2.05, 4.69) is 9.72 Å². The van der Waals surface area contributed by atoms with Crippen molar-refractivity contribution in [1.82, 2.24) is 4.98 Å². The lowest BCUT2D eigenvalue weighted by Crippen LogP contribution is -2.12. The van der Waals surface area contributed by atoms with Gasteiger partial charge in [0.25, 0.3) is 6.43 Å². The highest BCUT2D eigenvalue weighted by Crippen LogP contribution is 2.40. The quantitative estimate of drug-likeness (QED) is 0.757. The van der Waals surface area contributed by atoms with Gasteiger partial charge in [-0.25, -0.2) is 13.8 Å². The van der Waals surface area contributed by atoms with Gasteiger partial charge in [0.2, 0.25) is 0 Å². The molecule has 16 heavy (non-hydrogen) atoms. The van der Waals surface area contributed by atoms with Gasteiger partial charge in [-0.15, -0.1) is 0 Å². The van der Waals surface area contributed by atoms with Gasteiger partial charge in [0, 0.05) is 0 Å². The van der Waals surface area contributed by atoms with Crippen molar-refractivity contribution in [2.75, 3.05) is 7.11 Å². The highest BCUT2D eigenvalue weighted by Gasteiger charge is 2.38. The molecule has 8 heteroatoms. The summed E-state index contributed by atoms with van der Waals surface area (Å²) in [5, 5.41) is -0.555. The van der Waals surface area contributed by atoms with E-state index in [1.807, 2.05) is 0 Å². The SMILES string of the molecule is COc1c(Cl)cc(C(F)F)nc1C(F)(F)F. The summed E-state index contributed by atoms with van der Waals surface area (Å²) in [6.07, 6.45) is -8.04. The second-order valence-corrected chi connectivity index (χ2v) is 3.12. The fourth-order valence-corrected chi connectivity index (χ4v) is 1.30. The Morgan fingerprint density at radius 3 is 2.31 bits per heavy atom. The minimum Gasteiger partial charge on any atom is -0.493 e. The Morgan fingerprint density at radius 2 is 1.94 bits per heavy atom. The zero-order chi connectivity index (χ0) is 12.5. The first-order chi connectivity index (χ1) is 7.27. The molecule has 0 unspecified atom stereocenters. The van der Waals surface area contributed by atoms with E-state index in [9.17, 15) is 22.0 Å². The first-order valence-corrected chi connectivity index (χ1v) is 4.25. The molecule has 0 fully saturated rings. The standard InChI is InChI=1S/C8H5ClF5NO/c1-16-5-3(9)2-4(7(10)11)15-6(5)8(12,13)14/h2,7H,1H3. The molecular weight excluding hydrogens is 257 g/mol. The van der Waals surface area contributed by atoms with Gasteiger partial charge in [-0.2, -0.15) is 13.2 Å². The maximum atomic E-state index is 12.4. The van der Waals surface area contributed by atoms with E-state index in [1.165, 1.54) is 0 Å². The molecule has 2 nitrogen and oxygen atoms in total. The number of nitrogens with zero attached hydrogens (tertiary/aromatic N) is 1. The number of hydrogen-bond acceptors (Lipinski definition) is 2. The smallest absolute Gasteiger partial charge is 0.437 e. The third-order valence-corrected chi connectivity index (χ3v) is 1.92. The van der Waals surface area contributed by atoms with E-state index >= 15 is 0 Å². The molecular formula is C8H5ClF5NO. The predicted molar refractivity (Wildman–Crippen MR) is 45.8 cm³/mol. The summed E-state index contributed by atoms with van der Waals surface area (Å²) in [6, 6.07) is 0.639. The average Bonchev–Trinajstić information content (AvgIpc) is 2.14. The maximum Gasteiger partial charge on any atom is 0.437 e. The van der Waals surface area contributed by atoms with Gasteiger partial charge in [0.15, 0.2) is 11.4 Å². The van der Waals surface area contributed by atoms with Crippen LogP contribution in [0.1, 0.15) is 17.8 Å². The molecule has 0 aliphatic rings. The number of halogens is 6. The van der Waals surface area contributed by atoms with E-state index in [-0.39, 0.29) is 0 Å². The van der Waals surface area contributed by atoms with Crippen LogP contribution in [0.4, 0.5) is 22.0 Å². The molecule has 0 amide bonds. The van der Waals surface area contributed by atoms with Crippen molar-refractivity contribution in [3.05, 3.63) is 22.5 Å². The third-order valence-electron chi connectivity index (χ3n) is 1.64. The molecule has 0 aliphatic heterocycles. The normalized spacial score (nSPS) is 12.0. The summed E-state index contributed by atoms with van der Waals surface area (Å²) in [7, 11) is 0.945. The first kappa shape index (κ1) is 13.0. The van der Waals surface area contributed by atoms with Crippen LogP contribution in [0, 0.1) is 0 Å². The van der Waals surface area contributed by atoms with E-state index in [0.717, 1.165) is 7.11 Å². The molecule has 1 rings (SSSR count). The lowest BCUT2D eigenvalue weighted by atomic mass is 10.2. The van der Waals surface area contributed by atoms with Crippen LogP contribution < -0.4 is 4.74 Å². The lowest BCUT2D eigenvalue weighted by molar-refractivity contribution is -0.142. The highest BCUT2D eigenvalue weighted by atomic mass is 35.5. The van der Waals surface area contributed by atoms with Gasteiger partial charge in [0.1, 0.15) is 5.69 Å². The summed E-state index contributed by atoms with van der Waals surface area (Å²) in [6.45, 7) is 0. The Morgan fingerprint density at radius 1 is 1.38 bits per heavy atom. The highest BCUT2D eigenvalue weighted by molar-refractivity contribution is 6.32. The van der Waals surface area contributed by atoms with E-state index in [0.29, 0.717) is 6.07 Å². The lowest BCUT2D eigenvalue weighted by Gasteiger charge is -2.13. The number of hydrogen-bond donors (Lipinski definition) is 0. The van der Waals surface area contributed by atoms with Crippen LogP contribution in [0.25, 0.3) is 0 Å². The summed E-state index contributed by atoms with van der Waals surface area (Å²) in [5.74, 6) is -0.765. The van der Waals surface area contributed by atoms with Crippen LogP contribution in [0.15, 0.2) is 6.07 Å². The molecule has 1 aromatic heterocycles. The van der Waals surface area contributed by atoms with Crippen LogP contribution in [-0.4, -0.2) is 12.1 Å². The monoisotopic (exact) mass is 261 g/mol. The van der Waals surface area contributed by atoms with Crippen LogP contribution in [0.5, 0.6) is 5.75 Å². The third kappa shape index (κ3) is 2.52. The Kier molecular flexibility index (Phi) is 3.57. The van der Waals surface area contributed by atoms with Crippen LogP contribution in [0.2, 0.25) is 5.02 Å². The minimum absolute atomic E-state index is 0.555. The number of pyridine rings is 1. The van der Waals surface area contributed by atoms with Gasteiger partial charge in [-0.1, -0.05) is 11.6 Å². The van der Waals surface area contributed by atoms with Gasteiger partial charge >= 0.3 is 6.18 Å². The summed E-state index contributed by atoms with van der Waals surface area (Å²) in [4.78, 5) is 2.79.